The van der Waals surface area contributed by atoms with Crippen LogP contribution in [0.4, 0.5) is 5.82 Å². The molecular weight excluding hydrogens is 246 g/mol. The first kappa shape index (κ1) is 13.2. The van der Waals surface area contributed by atoms with E-state index in [4.69, 9.17) is 22.7 Å². The van der Waals surface area contributed by atoms with E-state index in [1.807, 2.05) is 13.0 Å². The van der Waals surface area contributed by atoms with Gasteiger partial charge in [-0.1, -0.05) is 12.2 Å². The summed E-state index contributed by atoms with van der Waals surface area (Å²) < 4.78 is 5.74. The van der Waals surface area contributed by atoms with Crippen molar-refractivity contribution in [1.29, 1.82) is 0 Å². The zero-order valence-electron chi connectivity index (χ0n) is 10.8. The molecule has 0 aliphatic carbocycles. The lowest BCUT2D eigenvalue weighted by molar-refractivity contribution is 0.0315. The molecule has 1 aliphatic heterocycles. The minimum atomic E-state index is -0.112. The van der Waals surface area contributed by atoms with Crippen molar-refractivity contribution >= 4 is 23.0 Å². The maximum absolute atomic E-state index is 5.75. The minimum Gasteiger partial charge on any atom is -0.389 e. The van der Waals surface area contributed by atoms with Crippen LogP contribution in [-0.4, -0.2) is 28.7 Å². The van der Waals surface area contributed by atoms with Gasteiger partial charge in [0, 0.05) is 19.3 Å². The average molecular weight is 265 g/mol. The molecule has 0 amide bonds. The van der Waals surface area contributed by atoms with E-state index < -0.39 is 0 Å². The Kier molecular flexibility index (Phi) is 3.82. The molecule has 98 valence electrons. The van der Waals surface area contributed by atoms with Crippen LogP contribution < -0.4 is 11.1 Å². The van der Waals surface area contributed by atoms with Gasteiger partial charge in [0.25, 0.3) is 0 Å². The molecule has 1 aromatic heterocycles. The van der Waals surface area contributed by atoms with Gasteiger partial charge in [-0.3, -0.25) is 0 Å². The van der Waals surface area contributed by atoms with Crippen molar-refractivity contribution < 1.29 is 4.74 Å². The monoisotopic (exact) mass is 265 g/mol. The highest BCUT2D eigenvalue weighted by Crippen LogP contribution is 2.26. The van der Waals surface area contributed by atoms with E-state index in [9.17, 15) is 0 Å². The number of hydrogen-bond acceptors (Lipinski definition) is 4. The summed E-state index contributed by atoms with van der Waals surface area (Å²) in [7, 11) is 0. The van der Waals surface area contributed by atoms with Crippen LogP contribution in [0.2, 0.25) is 0 Å². The Morgan fingerprint density at radius 2 is 2.44 bits per heavy atom. The smallest absolute Gasteiger partial charge is 0.136 e. The Morgan fingerprint density at radius 3 is 3.06 bits per heavy atom. The van der Waals surface area contributed by atoms with Gasteiger partial charge in [-0.25, -0.2) is 4.98 Å². The summed E-state index contributed by atoms with van der Waals surface area (Å²) in [5, 5.41) is 3.31. The van der Waals surface area contributed by atoms with Gasteiger partial charge in [0.05, 0.1) is 11.2 Å². The maximum atomic E-state index is 5.75. The lowest BCUT2D eigenvalue weighted by Gasteiger charge is -2.24. The van der Waals surface area contributed by atoms with Crippen molar-refractivity contribution in [2.45, 2.75) is 32.3 Å². The Balaban J connectivity index is 2.14. The number of thiocarbonyl (C=S) groups is 1. The van der Waals surface area contributed by atoms with E-state index in [0.29, 0.717) is 4.99 Å². The molecule has 1 atom stereocenters. The normalized spacial score (nSPS) is 23.0. The second kappa shape index (κ2) is 5.20. The molecular formula is C13H19N3OS. The predicted molar refractivity (Wildman–Crippen MR) is 76.9 cm³/mol. The Hall–Kier alpha value is -1.20. The molecule has 1 aliphatic rings. The molecule has 1 fully saturated rings. The van der Waals surface area contributed by atoms with Crippen molar-refractivity contribution in [3.8, 4) is 0 Å². The Labute approximate surface area is 113 Å². The van der Waals surface area contributed by atoms with Crippen LogP contribution in [0.15, 0.2) is 12.3 Å². The summed E-state index contributed by atoms with van der Waals surface area (Å²) in [5.41, 5.74) is 7.51. The summed E-state index contributed by atoms with van der Waals surface area (Å²) >= 11 is 5.08. The van der Waals surface area contributed by atoms with E-state index >= 15 is 0 Å². The summed E-state index contributed by atoms with van der Waals surface area (Å²) in [6, 6.07) is 1.91. The molecule has 3 N–H and O–H groups in total. The molecule has 0 spiro atoms. The summed E-state index contributed by atoms with van der Waals surface area (Å²) in [6.07, 6.45) is 3.94. The third kappa shape index (κ3) is 2.79. The van der Waals surface area contributed by atoms with Crippen LogP contribution in [0.3, 0.4) is 0 Å². The maximum Gasteiger partial charge on any atom is 0.136 e. The van der Waals surface area contributed by atoms with Crippen LogP contribution >= 0.6 is 12.2 Å². The molecule has 2 heterocycles. The molecule has 0 saturated carbocycles. The Bertz CT molecular complexity index is 456. The average Bonchev–Trinajstić information content (AvgIpc) is 2.73. The van der Waals surface area contributed by atoms with Gasteiger partial charge in [0.2, 0.25) is 0 Å². The Morgan fingerprint density at radius 1 is 1.67 bits per heavy atom. The first-order valence-corrected chi connectivity index (χ1v) is 6.56. The molecule has 0 bridgehead atoms. The van der Waals surface area contributed by atoms with E-state index in [1.165, 1.54) is 0 Å². The number of nitrogens with one attached hydrogen (secondary N) is 1. The van der Waals surface area contributed by atoms with Crippen LogP contribution in [0, 0.1) is 6.92 Å². The fourth-order valence-electron chi connectivity index (χ4n) is 2.25. The molecule has 18 heavy (non-hydrogen) atoms. The standard InChI is InChI=1S/C13H19N3OS/c1-9-4-6-15-12(10(9)11(14)18)16-8-13(2)5-3-7-17-13/h4,6H,3,5,7-8H2,1-2H3,(H2,14,18)(H,15,16). The third-order valence-corrected chi connectivity index (χ3v) is 3.54. The van der Waals surface area contributed by atoms with Crippen LogP contribution in [0.5, 0.6) is 0 Å². The lowest BCUT2D eigenvalue weighted by atomic mass is 10.0. The van der Waals surface area contributed by atoms with Gasteiger partial charge in [-0.2, -0.15) is 0 Å². The fraction of sp³-hybridized carbons (Fsp3) is 0.538. The minimum absolute atomic E-state index is 0.112. The molecule has 1 aromatic rings. The van der Waals surface area contributed by atoms with Crippen molar-refractivity contribution in [2.75, 3.05) is 18.5 Å². The molecule has 2 rings (SSSR count). The molecule has 4 nitrogen and oxygen atoms in total. The number of nitrogens with two attached hydrogens (primary N) is 1. The highest BCUT2D eigenvalue weighted by Gasteiger charge is 2.29. The zero-order chi connectivity index (χ0) is 13.2. The van der Waals surface area contributed by atoms with E-state index in [0.717, 1.165) is 42.9 Å². The fourth-order valence-corrected chi connectivity index (χ4v) is 2.51. The number of pyridine rings is 1. The number of ether oxygens (including phenoxy) is 1. The first-order valence-electron chi connectivity index (χ1n) is 6.15. The quantitative estimate of drug-likeness (QED) is 0.815. The SMILES string of the molecule is Cc1ccnc(NCC2(C)CCCO2)c1C(N)=S. The number of aryl methyl sites for hydroxylation is 1. The zero-order valence-corrected chi connectivity index (χ0v) is 11.6. The van der Waals surface area contributed by atoms with Gasteiger partial charge >= 0.3 is 0 Å². The summed E-state index contributed by atoms with van der Waals surface area (Å²) in [5.74, 6) is 0.749. The van der Waals surface area contributed by atoms with Gasteiger partial charge in [-0.15, -0.1) is 0 Å². The molecule has 0 radical (unpaired) electrons. The van der Waals surface area contributed by atoms with E-state index in [2.05, 4.69) is 17.2 Å². The highest BCUT2D eigenvalue weighted by atomic mass is 32.1. The largest absolute Gasteiger partial charge is 0.389 e. The molecule has 1 unspecified atom stereocenters. The van der Waals surface area contributed by atoms with E-state index in [-0.39, 0.29) is 5.60 Å². The summed E-state index contributed by atoms with van der Waals surface area (Å²) in [6.45, 7) is 5.65. The summed E-state index contributed by atoms with van der Waals surface area (Å²) in [4.78, 5) is 4.69. The van der Waals surface area contributed by atoms with Crippen molar-refractivity contribution in [2.24, 2.45) is 5.73 Å². The second-order valence-electron chi connectivity index (χ2n) is 4.97. The number of rotatable bonds is 4. The van der Waals surface area contributed by atoms with Gasteiger partial charge in [0.1, 0.15) is 10.8 Å². The second-order valence-corrected chi connectivity index (χ2v) is 5.41. The van der Waals surface area contributed by atoms with Crippen molar-refractivity contribution in [3.05, 3.63) is 23.4 Å². The number of anilines is 1. The predicted octanol–water partition coefficient (Wildman–Crippen LogP) is 2.01. The van der Waals surface area contributed by atoms with Gasteiger partial charge in [-0.05, 0) is 38.3 Å². The highest BCUT2D eigenvalue weighted by molar-refractivity contribution is 7.80. The number of hydrogen-bond donors (Lipinski definition) is 2. The van der Waals surface area contributed by atoms with Crippen LogP contribution in [0.25, 0.3) is 0 Å². The topological polar surface area (TPSA) is 60.2 Å². The lowest BCUT2D eigenvalue weighted by Crippen LogP contribution is -2.33. The van der Waals surface area contributed by atoms with Gasteiger partial charge in [0.15, 0.2) is 0 Å². The first-order chi connectivity index (χ1) is 8.52. The molecule has 1 saturated heterocycles. The third-order valence-electron chi connectivity index (χ3n) is 3.34. The molecule has 0 aromatic carbocycles. The van der Waals surface area contributed by atoms with E-state index in [1.54, 1.807) is 6.20 Å². The number of aromatic nitrogens is 1. The van der Waals surface area contributed by atoms with Crippen molar-refractivity contribution in [1.82, 2.24) is 4.98 Å². The van der Waals surface area contributed by atoms with Crippen LogP contribution in [0.1, 0.15) is 30.9 Å². The van der Waals surface area contributed by atoms with Crippen molar-refractivity contribution in [3.63, 3.8) is 0 Å². The number of nitrogens with zero attached hydrogens (tertiary/aromatic N) is 1. The van der Waals surface area contributed by atoms with Crippen LogP contribution in [-0.2, 0) is 4.74 Å². The molecule has 5 heteroatoms. The van der Waals surface area contributed by atoms with Gasteiger partial charge < -0.3 is 15.8 Å².